The topological polar surface area (TPSA) is 83.6 Å². The van der Waals surface area contributed by atoms with Crippen LogP contribution in [0.4, 0.5) is 5.69 Å². The fraction of sp³-hybridized carbons (Fsp3) is 0.471. The minimum absolute atomic E-state index is 0.0497. The number of nitrogens with zero attached hydrogens (tertiary/aromatic N) is 1. The molecule has 1 amide bonds. The van der Waals surface area contributed by atoms with Crippen molar-refractivity contribution in [1.29, 1.82) is 5.26 Å². The maximum Gasteiger partial charge on any atom is 0.309 e. The summed E-state index contributed by atoms with van der Waals surface area (Å²) in [6.07, 6.45) is 1.48. The fourth-order valence-electron chi connectivity index (χ4n) is 2.93. The van der Waals surface area contributed by atoms with Gasteiger partial charge in [0.25, 0.3) is 5.91 Å². The number of carbonyl (C=O) groups excluding carboxylic acids is 2. The van der Waals surface area contributed by atoms with E-state index in [1.807, 2.05) is 6.92 Å². The predicted molar refractivity (Wildman–Crippen MR) is 84.7 cm³/mol. The van der Waals surface area contributed by atoms with Gasteiger partial charge in [-0.1, -0.05) is 6.07 Å². The second-order valence-electron chi connectivity index (χ2n) is 5.86. The van der Waals surface area contributed by atoms with Crippen LogP contribution in [0.1, 0.15) is 25.3 Å². The molecule has 1 saturated heterocycles. The monoisotopic (exact) mass is 316 g/mol. The second-order valence-corrected chi connectivity index (χ2v) is 5.86. The number of carbonyl (C=O) groups is 2. The highest BCUT2D eigenvalue weighted by Gasteiger charge is 2.33. The van der Waals surface area contributed by atoms with Crippen LogP contribution in [0.3, 0.4) is 0 Å². The summed E-state index contributed by atoms with van der Waals surface area (Å²) in [6, 6.07) is 8.71. The Hall–Kier alpha value is -2.39. The number of likely N-dealkylation sites (tertiary alicyclic amines) is 1. The molecule has 122 valence electrons. The van der Waals surface area contributed by atoms with Gasteiger partial charge in [-0.15, -0.1) is 0 Å². The van der Waals surface area contributed by atoms with E-state index in [9.17, 15) is 9.59 Å². The lowest BCUT2D eigenvalue weighted by atomic mass is 9.96. The zero-order chi connectivity index (χ0) is 16.8. The van der Waals surface area contributed by atoms with Crippen molar-refractivity contribution in [3.8, 4) is 6.07 Å². The molecule has 1 fully saturated rings. The minimum Gasteiger partial charge on any atom is -0.469 e. The SMILES string of the molecule is COC(=O)C1CC[NH+]([C@H](C)C(=O)Nc2cccc(C#N)c2)CC1. The molecule has 0 spiro atoms. The number of amides is 1. The zero-order valence-electron chi connectivity index (χ0n) is 13.5. The number of hydrogen-bond donors (Lipinski definition) is 2. The number of esters is 1. The number of benzene rings is 1. The molecule has 0 unspecified atom stereocenters. The molecule has 1 heterocycles. The molecule has 6 heteroatoms. The first kappa shape index (κ1) is 17.0. The molecule has 1 aromatic carbocycles. The van der Waals surface area contributed by atoms with Crippen LogP contribution in [0.2, 0.25) is 0 Å². The molecular formula is C17H22N3O3+. The molecule has 1 aliphatic rings. The number of nitrogens with one attached hydrogen (secondary N) is 2. The van der Waals surface area contributed by atoms with Gasteiger partial charge in [0.2, 0.25) is 0 Å². The summed E-state index contributed by atoms with van der Waals surface area (Å²) in [6.45, 7) is 3.43. The van der Waals surface area contributed by atoms with Gasteiger partial charge >= 0.3 is 5.97 Å². The van der Waals surface area contributed by atoms with Crippen LogP contribution in [-0.2, 0) is 14.3 Å². The average Bonchev–Trinajstić information content (AvgIpc) is 2.60. The summed E-state index contributed by atoms with van der Waals surface area (Å²) < 4.78 is 4.78. The highest BCUT2D eigenvalue weighted by Crippen LogP contribution is 2.12. The van der Waals surface area contributed by atoms with E-state index in [-0.39, 0.29) is 23.8 Å². The van der Waals surface area contributed by atoms with Gasteiger partial charge in [0.1, 0.15) is 0 Å². The number of hydrogen-bond acceptors (Lipinski definition) is 4. The number of methoxy groups -OCH3 is 1. The van der Waals surface area contributed by atoms with Gasteiger partial charge in [-0.25, -0.2) is 0 Å². The van der Waals surface area contributed by atoms with E-state index in [1.165, 1.54) is 12.0 Å². The smallest absolute Gasteiger partial charge is 0.309 e. The Morgan fingerprint density at radius 3 is 2.70 bits per heavy atom. The summed E-state index contributed by atoms with van der Waals surface area (Å²) in [4.78, 5) is 25.1. The first-order valence-electron chi connectivity index (χ1n) is 7.78. The summed E-state index contributed by atoms with van der Waals surface area (Å²) in [5.74, 6) is -0.285. The molecule has 0 radical (unpaired) electrons. The van der Waals surface area contributed by atoms with E-state index in [0.29, 0.717) is 11.3 Å². The summed E-state index contributed by atoms with van der Waals surface area (Å²) in [7, 11) is 1.41. The molecule has 0 aromatic heterocycles. The van der Waals surface area contributed by atoms with E-state index in [1.54, 1.807) is 24.3 Å². The lowest BCUT2D eigenvalue weighted by Gasteiger charge is -2.31. The van der Waals surface area contributed by atoms with Crippen molar-refractivity contribution >= 4 is 17.6 Å². The first-order valence-corrected chi connectivity index (χ1v) is 7.78. The van der Waals surface area contributed by atoms with Crippen LogP contribution in [0.5, 0.6) is 0 Å². The molecular weight excluding hydrogens is 294 g/mol. The molecule has 0 aliphatic carbocycles. The Balaban J connectivity index is 1.90. The molecule has 2 N–H and O–H groups in total. The quantitative estimate of drug-likeness (QED) is 0.785. The van der Waals surface area contributed by atoms with Gasteiger partial charge in [0.05, 0.1) is 37.7 Å². The average molecular weight is 316 g/mol. The molecule has 0 saturated carbocycles. The van der Waals surface area contributed by atoms with E-state index in [4.69, 9.17) is 10.00 Å². The molecule has 1 atom stereocenters. The van der Waals surface area contributed by atoms with Gasteiger partial charge in [0.15, 0.2) is 6.04 Å². The largest absolute Gasteiger partial charge is 0.469 e. The van der Waals surface area contributed by atoms with Crippen molar-refractivity contribution in [3.63, 3.8) is 0 Å². The Labute approximate surface area is 136 Å². The van der Waals surface area contributed by atoms with E-state index in [2.05, 4.69) is 11.4 Å². The van der Waals surface area contributed by atoms with Crippen LogP contribution in [-0.4, -0.2) is 38.1 Å². The maximum atomic E-state index is 12.4. The van der Waals surface area contributed by atoms with Gasteiger partial charge in [0, 0.05) is 18.5 Å². The number of anilines is 1. The summed E-state index contributed by atoms with van der Waals surface area (Å²) >= 11 is 0. The Morgan fingerprint density at radius 1 is 1.39 bits per heavy atom. The van der Waals surface area contributed by atoms with E-state index < -0.39 is 0 Å². The highest BCUT2D eigenvalue weighted by atomic mass is 16.5. The second kappa shape index (κ2) is 7.75. The predicted octanol–water partition coefficient (Wildman–Crippen LogP) is 0.353. The van der Waals surface area contributed by atoms with Crippen LogP contribution >= 0.6 is 0 Å². The normalized spacial score (nSPS) is 21.8. The van der Waals surface area contributed by atoms with Gasteiger partial charge < -0.3 is 15.0 Å². The Bertz CT molecular complexity index is 616. The third-order valence-electron chi connectivity index (χ3n) is 4.43. The van der Waals surface area contributed by atoms with Crippen molar-refractivity contribution in [2.45, 2.75) is 25.8 Å². The van der Waals surface area contributed by atoms with Crippen LogP contribution in [0.25, 0.3) is 0 Å². The van der Waals surface area contributed by atoms with Crippen molar-refractivity contribution in [3.05, 3.63) is 29.8 Å². The number of quaternary nitrogens is 1. The number of nitriles is 1. The van der Waals surface area contributed by atoms with Crippen LogP contribution < -0.4 is 10.2 Å². The first-order chi connectivity index (χ1) is 11.0. The number of piperidine rings is 1. The lowest BCUT2D eigenvalue weighted by molar-refractivity contribution is -0.919. The summed E-state index contributed by atoms with van der Waals surface area (Å²) in [5.41, 5.74) is 1.14. The lowest BCUT2D eigenvalue weighted by Crippen LogP contribution is -3.17. The standard InChI is InChI=1S/C17H21N3O3/c1-12(20-8-6-14(7-9-20)17(22)23-2)16(21)19-15-5-3-4-13(10-15)11-18/h3-5,10,12,14H,6-9H2,1-2H3,(H,19,21)/p+1/t12-/m1/s1. The number of ether oxygens (including phenoxy) is 1. The minimum atomic E-state index is -0.209. The number of rotatable bonds is 4. The Morgan fingerprint density at radius 2 is 2.09 bits per heavy atom. The van der Waals surface area contributed by atoms with Gasteiger partial charge in [-0.05, 0) is 25.1 Å². The van der Waals surface area contributed by atoms with Crippen molar-refractivity contribution in [2.24, 2.45) is 5.92 Å². The molecule has 0 bridgehead atoms. The van der Waals surface area contributed by atoms with Crippen LogP contribution in [0.15, 0.2) is 24.3 Å². The zero-order valence-corrected chi connectivity index (χ0v) is 13.5. The van der Waals surface area contributed by atoms with E-state index in [0.717, 1.165) is 25.9 Å². The summed E-state index contributed by atoms with van der Waals surface area (Å²) in [5, 5.41) is 11.8. The van der Waals surface area contributed by atoms with Crippen molar-refractivity contribution < 1.29 is 19.2 Å². The Kier molecular flexibility index (Phi) is 5.72. The molecule has 1 aliphatic heterocycles. The molecule has 6 nitrogen and oxygen atoms in total. The van der Waals surface area contributed by atoms with Crippen LogP contribution in [0, 0.1) is 17.2 Å². The van der Waals surface area contributed by atoms with E-state index >= 15 is 0 Å². The highest BCUT2D eigenvalue weighted by molar-refractivity contribution is 5.93. The molecule has 2 rings (SSSR count). The molecule has 23 heavy (non-hydrogen) atoms. The van der Waals surface area contributed by atoms with Gasteiger partial charge in [-0.2, -0.15) is 5.26 Å². The third-order valence-corrected chi connectivity index (χ3v) is 4.43. The van der Waals surface area contributed by atoms with Gasteiger partial charge in [-0.3, -0.25) is 9.59 Å². The molecule has 1 aromatic rings. The maximum absolute atomic E-state index is 12.4. The third kappa shape index (κ3) is 4.30. The van der Waals surface area contributed by atoms with Crippen molar-refractivity contribution in [1.82, 2.24) is 0 Å². The van der Waals surface area contributed by atoms with Crippen molar-refractivity contribution in [2.75, 3.05) is 25.5 Å². The fourth-order valence-corrected chi connectivity index (χ4v) is 2.93.